The zero-order valence-corrected chi connectivity index (χ0v) is 19.6. The minimum atomic E-state index is -3.21. The molecule has 0 saturated heterocycles. The number of hydrogen-bond donors (Lipinski definition) is 2. The Kier molecular flexibility index (Phi) is 8.03. The highest BCUT2D eigenvalue weighted by atomic mass is 32.2. The summed E-state index contributed by atoms with van der Waals surface area (Å²) in [7, 11) is -1.48. The summed E-state index contributed by atoms with van der Waals surface area (Å²) < 4.78 is 29.4. The van der Waals surface area contributed by atoms with Crippen LogP contribution in [-0.2, 0) is 34.3 Å². The molecule has 0 fully saturated rings. The minimum Gasteiger partial charge on any atom is -0.371 e. The van der Waals surface area contributed by atoms with Crippen LogP contribution in [0.4, 0.5) is 0 Å². The summed E-state index contributed by atoms with van der Waals surface area (Å²) in [6.45, 7) is 9.70. The molecule has 2 rings (SSSR count). The molecule has 0 radical (unpaired) electrons. The first-order valence-electron chi connectivity index (χ1n) is 9.94. The van der Waals surface area contributed by atoms with Gasteiger partial charge >= 0.3 is 0 Å². The quantitative estimate of drug-likeness (QED) is 0.517. The first-order chi connectivity index (χ1) is 14.0. The first kappa shape index (κ1) is 23.9. The maximum absolute atomic E-state index is 11.8. The predicted molar refractivity (Wildman–Crippen MR) is 122 cm³/mol. The van der Waals surface area contributed by atoms with Crippen molar-refractivity contribution in [3.05, 3.63) is 64.7 Å². The lowest BCUT2D eigenvalue weighted by molar-refractivity contribution is -0.0149. The number of nitrogens with zero attached hydrogens (tertiary/aromatic N) is 1. The van der Waals surface area contributed by atoms with Crippen LogP contribution in [0.2, 0.25) is 0 Å². The number of rotatable bonds is 7. The number of aryl methyl sites for hydroxylation is 1. The summed E-state index contributed by atoms with van der Waals surface area (Å²) in [6.07, 6.45) is 1.23. The van der Waals surface area contributed by atoms with Gasteiger partial charge in [-0.1, -0.05) is 36.4 Å². The van der Waals surface area contributed by atoms with Gasteiger partial charge < -0.3 is 15.4 Å². The second-order valence-corrected chi connectivity index (χ2v) is 10.4. The Morgan fingerprint density at radius 1 is 1.00 bits per heavy atom. The van der Waals surface area contributed by atoms with E-state index in [0.717, 1.165) is 22.3 Å². The molecule has 0 aliphatic heterocycles. The molecule has 0 atom stereocenters. The van der Waals surface area contributed by atoms with Gasteiger partial charge in [-0.15, -0.1) is 0 Å². The van der Waals surface area contributed by atoms with Gasteiger partial charge in [0.1, 0.15) is 0 Å². The Morgan fingerprint density at radius 2 is 1.60 bits per heavy atom. The van der Waals surface area contributed by atoms with Crippen LogP contribution >= 0.6 is 0 Å². The molecule has 30 heavy (non-hydrogen) atoms. The molecule has 0 bridgehead atoms. The zero-order valence-electron chi connectivity index (χ0n) is 18.7. The Hall–Kier alpha value is -2.38. The van der Waals surface area contributed by atoms with Crippen molar-refractivity contribution in [2.75, 3.05) is 13.3 Å². The van der Waals surface area contributed by atoms with Crippen molar-refractivity contribution in [3.8, 4) is 0 Å². The van der Waals surface area contributed by atoms with Gasteiger partial charge in [0, 0.05) is 26.4 Å². The molecule has 2 N–H and O–H groups in total. The van der Waals surface area contributed by atoms with E-state index in [1.807, 2.05) is 45.9 Å². The van der Waals surface area contributed by atoms with Gasteiger partial charge in [-0.25, -0.2) is 8.42 Å². The molecule has 0 aliphatic carbocycles. The molecule has 2 aromatic carbocycles. The van der Waals surface area contributed by atoms with Crippen LogP contribution < -0.4 is 10.6 Å². The van der Waals surface area contributed by atoms with E-state index < -0.39 is 9.84 Å². The van der Waals surface area contributed by atoms with Crippen molar-refractivity contribution in [2.45, 2.75) is 57.9 Å². The molecule has 7 heteroatoms. The monoisotopic (exact) mass is 431 g/mol. The molecule has 0 aliphatic rings. The molecule has 0 aromatic heterocycles. The van der Waals surface area contributed by atoms with Gasteiger partial charge in [0.15, 0.2) is 15.8 Å². The van der Waals surface area contributed by atoms with Crippen LogP contribution in [0, 0.1) is 6.92 Å². The second kappa shape index (κ2) is 10.1. The third kappa shape index (κ3) is 7.80. The number of ether oxygens (including phenoxy) is 1. The molecule has 6 nitrogen and oxygen atoms in total. The highest BCUT2D eigenvalue weighted by Gasteiger charge is 2.11. The fourth-order valence-corrected chi connectivity index (χ4v) is 3.92. The molecule has 164 valence electrons. The lowest BCUT2D eigenvalue weighted by atomic mass is 10.1. The van der Waals surface area contributed by atoms with Crippen molar-refractivity contribution in [2.24, 2.45) is 4.99 Å². The van der Waals surface area contributed by atoms with E-state index in [2.05, 4.69) is 33.8 Å². The maximum atomic E-state index is 11.8. The Morgan fingerprint density at radius 3 is 2.13 bits per heavy atom. The number of guanidine groups is 1. The fraction of sp³-hybridized carbons (Fsp3) is 0.435. The zero-order chi connectivity index (χ0) is 22.4. The van der Waals surface area contributed by atoms with E-state index in [9.17, 15) is 8.42 Å². The van der Waals surface area contributed by atoms with E-state index in [1.165, 1.54) is 6.26 Å². The van der Waals surface area contributed by atoms with Crippen LogP contribution in [0.25, 0.3) is 0 Å². The van der Waals surface area contributed by atoms with Crippen molar-refractivity contribution in [1.29, 1.82) is 0 Å². The first-order valence-corrected chi connectivity index (χ1v) is 11.8. The number of hydrogen-bond acceptors (Lipinski definition) is 4. The van der Waals surface area contributed by atoms with Gasteiger partial charge in [-0.05, 0) is 56.0 Å². The number of benzene rings is 2. The van der Waals surface area contributed by atoms with Crippen molar-refractivity contribution < 1.29 is 13.2 Å². The number of nitrogens with one attached hydrogen (secondary N) is 2. The van der Waals surface area contributed by atoms with Gasteiger partial charge in [-0.2, -0.15) is 0 Å². The highest BCUT2D eigenvalue weighted by Crippen LogP contribution is 2.16. The molecular formula is C23H33N3O3S. The predicted octanol–water partition coefficient (Wildman–Crippen LogP) is 3.58. The SMILES string of the molecule is CN=C(NCc1cccc(COC(C)(C)C)c1)NCc1ccc(S(C)(=O)=O)c(C)c1. The van der Waals surface area contributed by atoms with E-state index in [-0.39, 0.29) is 5.60 Å². The Bertz CT molecular complexity index is 993. The molecule has 0 spiro atoms. The van der Waals surface area contributed by atoms with Gasteiger partial charge in [0.25, 0.3) is 0 Å². The molecule has 0 unspecified atom stereocenters. The number of sulfone groups is 1. The van der Waals surface area contributed by atoms with Crippen molar-refractivity contribution >= 4 is 15.8 Å². The van der Waals surface area contributed by atoms with E-state index in [1.54, 1.807) is 13.1 Å². The van der Waals surface area contributed by atoms with Gasteiger partial charge in [-0.3, -0.25) is 4.99 Å². The average Bonchev–Trinajstić information content (AvgIpc) is 2.65. The summed E-state index contributed by atoms with van der Waals surface area (Å²) in [5.41, 5.74) is 3.84. The molecular weight excluding hydrogens is 398 g/mol. The van der Waals surface area contributed by atoms with Gasteiger partial charge in [0.05, 0.1) is 17.1 Å². The Balaban J connectivity index is 1.92. The smallest absolute Gasteiger partial charge is 0.191 e. The minimum absolute atomic E-state index is 0.169. The summed E-state index contributed by atoms with van der Waals surface area (Å²) in [5.74, 6) is 0.677. The van der Waals surface area contributed by atoms with E-state index in [0.29, 0.717) is 30.6 Å². The van der Waals surface area contributed by atoms with Crippen LogP contribution in [0.5, 0.6) is 0 Å². The van der Waals surface area contributed by atoms with Crippen LogP contribution in [0.1, 0.15) is 43.0 Å². The molecule has 2 aromatic rings. The largest absolute Gasteiger partial charge is 0.371 e. The number of aliphatic imine (C=N–C) groups is 1. The summed E-state index contributed by atoms with van der Waals surface area (Å²) >= 11 is 0. The topological polar surface area (TPSA) is 79.8 Å². The van der Waals surface area contributed by atoms with Crippen molar-refractivity contribution in [1.82, 2.24) is 10.6 Å². The maximum Gasteiger partial charge on any atom is 0.191 e. The summed E-state index contributed by atoms with van der Waals surface area (Å²) in [4.78, 5) is 4.63. The average molecular weight is 432 g/mol. The standard InChI is InChI=1S/C23H33N3O3S/c1-17-12-19(10-11-21(17)30(6,27)28)15-26-22(24-5)25-14-18-8-7-9-20(13-18)16-29-23(2,3)4/h7-13H,14-16H2,1-6H3,(H2,24,25,26). The molecule has 0 heterocycles. The normalized spacial score (nSPS) is 12.7. The summed E-state index contributed by atoms with van der Waals surface area (Å²) in [6, 6.07) is 13.6. The van der Waals surface area contributed by atoms with E-state index in [4.69, 9.17) is 4.74 Å². The van der Waals surface area contributed by atoms with Crippen molar-refractivity contribution in [3.63, 3.8) is 0 Å². The fourth-order valence-electron chi connectivity index (χ4n) is 2.96. The van der Waals surface area contributed by atoms with E-state index >= 15 is 0 Å². The lowest BCUT2D eigenvalue weighted by Gasteiger charge is -2.19. The Labute approximate surface area is 180 Å². The van der Waals surface area contributed by atoms with Crippen LogP contribution in [-0.4, -0.2) is 33.3 Å². The van der Waals surface area contributed by atoms with Crippen LogP contribution in [0.15, 0.2) is 52.4 Å². The van der Waals surface area contributed by atoms with Gasteiger partial charge in [0.2, 0.25) is 0 Å². The van der Waals surface area contributed by atoms with Crippen LogP contribution in [0.3, 0.4) is 0 Å². The molecule has 0 amide bonds. The third-order valence-electron chi connectivity index (χ3n) is 4.45. The lowest BCUT2D eigenvalue weighted by Crippen LogP contribution is -2.36. The second-order valence-electron chi connectivity index (χ2n) is 8.37. The third-order valence-corrected chi connectivity index (χ3v) is 5.70. The molecule has 0 saturated carbocycles. The highest BCUT2D eigenvalue weighted by molar-refractivity contribution is 7.90. The summed E-state index contributed by atoms with van der Waals surface area (Å²) in [5, 5.41) is 6.57.